The first-order valence-corrected chi connectivity index (χ1v) is 6.05. The molecule has 0 bridgehead atoms. The van der Waals surface area contributed by atoms with Crippen LogP contribution in [0.1, 0.15) is 6.92 Å². The zero-order valence-electron chi connectivity index (χ0n) is 8.23. The molecule has 84 valence electrons. The molecule has 0 saturated carbocycles. The van der Waals surface area contributed by atoms with Crippen molar-refractivity contribution < 1.29 is 9.47 Å². The van der Waals surface area contributed by atoms with Crippen LogP contribution in [0.25, 0.3) is 0 Å². The first kappa shape index (κ1) is 13.1. The Morgan fingerprint density at radius 2 is 2.00 bits per heavy atom. The van der Waals surface area contributed by atoms with Gasteiger partial charge in [-0.05, 0) is 28.9 Å². The second kappa shape index (κ2) is 6.59. The molecule has 0 saturated heterocycles. The summed E-state index contributed by atoms with van der Waals surface area (Å²) in [6.07, 6.45) is 0. The summed E-state index contributed by atoms with van der Waals surface area (Å²) < 4.78 is 11.3. The molecular weight excluding hydrogens is 303 g/mol. The third-order valence-electron chi connectivity index (χ3n) is 1.66. The second-order valence-electron chi connectivity index (χ2n) is 2.75. The fourth-order valence-electron chi connectivity index (χ4n) is 0.978. The zero-order chi connectivity index (χ0) is 11.3. The van der Waals surface area contributed by atoms with Gasteiger partial charge < -0.3 is 9.47 Å². The predicted molar refractivity (Wildman–Crippen MR) is 66.2 cm³/mol. The van der Waals surface area contributed by atoms with Gasteiger partial charge in [0.1, 0.15) is 12.4 Å². The third-order valence-corrected chi connectivity index (χ3v) is 3.31. The van der Waals surface area contributed by atoms with Crippen LogP contribution < -0.4 is 4.74 Å². The second-order valence-corrected chi connectivity index (χ2v) is 4.39. The molecule has 0 amide bonds. The molecule has 5 heteroatoms. The lowest BCUT2D eigenvalue weighted by Gasteiger charge is -2.08. The largest absolute Gasteiger partial charge is 0.491 e. The van der Waals surface area contributed by atoms with Crippen LogP contribution in [0.2, 0.25) is 10.0 Å². The quantitative estimate of drug-likeness (QED) is 0.600. The average molecular weight is 314 g/mol. The monoisotopic (exact) mass is 312 g/mol. The minimum atomic E-state index is 0.470. The molecule has 0 aliphatic heterocycles. The van der Waals surface area contributed by atoms with Gasteiger partial charge in [0.05, 0.1) is 16.7 Å². The molecule has 0 atom stereocenters. The van der Waals surface area contributed by atoms with Crippen LogP contribution in [-0.2, 0) is 4.74 Å². The summed E-state index contributed by atoms with van der Waals surface area (Å²) in [6.45, 7) is 3.69. The highest BCUT2D eigenvalue weighted by molar-refractivity contribution is 9.10. The standard InChI is InChI=1S/C10H11BrCl2O2/c1-2-14-3-4-15-7-5-8(11)10(13)9(12)6-7/h5-6H,2-4H2,1H3. The number of benzene rings is 1. The maximum Gasteiger partial charge on any atom is 0.122 e. The van der Waals surface area contributed by atoms with E-state index in [1.807, 2.05) is 6.92 Å². The van der Waals surface area contributed by atoms with Crippen molar-refractivity contribution in [3.63, 3.8) is 0 Å². The Kier molecular flexibility index (Phi) is 5.75. The lowest BCUT2D eigenvalue weighted by Crippen LogP contribution is -2.06. The summed E-state index contributed by atoms with van der Waals surface area (Å²) in [5.41, 5.74) is 0. The Hall–Kier alpha value is 0.0400. The lowest BCUT2D eigenvalue weighted by atomic mass is 10.3. The fraction of sp³-hybridized carbons (Fsp3) is 0.400. The highest BCUT2D eigenvalue weighted by Crippen LogP contribution is 2.34. The predicted octanol–water partition coefficient (Wildman–Crippen LogP) is 4.17. The topological polar surface area (TPSA) is 18.5 Å². The van der Waals surface area contributed by atoms with Gasteiger partial charge in [-0.15, -0.1) is 0 Å². The van der Waals surface area contributed by atoms with Gasteiger partial charge in [0.25, 0.3) is 0 Å². The zero-order valence-corrected chi connectivity index (χ0v) is 11.3. The van der Waals surface area contributed by atoms with E-state index in [9.17, 15) is 0 Å². The van der Waals surface area contributed by atoms with E-state index in [0.29, 0.717) is 35.6 Å². The van der Waals surface area contributed by atoms with Crippen LogP contribution in [-0.4, -0.2) is 19.8 Å². The summed E-state index contributed by atoms with van der Waals surface area (Å²) in [4.78, 5) is 0. The van der Waals surface area contributed by atoms with Crippen molar-refractivity contribution in [2.24, 2.45) is 0 Å². The summed E-state index contributed by atoms with van der Waals surface area (Å²) in [5.74, 6) is 0.677. The van der Waals surface area contributed by atoms with Gasteiger partial charge in [-0.2, -0.15) is 0 Å². The van der Waals surface area contributed by atoms with Gasteiger partial charge >= 0.3 is 0 Å². The van der Waals surface area contributed by atoms with Crippen molar-refractivity contribution in [1.29, 1.82) is 0 Å². The molecule has 1 aromatic carbocycles. The molecule has 0 aliphatic carbocycles. The highest BCUT2D eigenvalue weighted by atomic mass is 79.9. The fourth-order valence-corrected chi connectivity index (χ4v) is 1.85. The first-order chi connectivity index (χ1) is 7.15. The molecule has 0 radical (unpaired) electrons. The Bertz CT molecular complexity index is 308. The van der Waals surface area contributed by atoms with Crippen molar-refractivity contribution in [1.82, 2.24) is 0 Å². The van der Waals surface area contributed by atoms with Crippen molar-refractivity contribution >= 4 is 39.1 Å². The summed E-state index contributed by atoms with van der Waals surface area (Å²) in [5, 5.41) is 0.964. The molecule has 2 nitrogen and oxygen atoms in total. The van der Waals surface area contributed by atoms with Crippen LogP contribution in [0.15, 0.2) is 16.6 Å². The molecular formula is C10H11BrCl2O2. The van der Waals surface area contributed by atoms with E-state index >= 15 is 0 Å². The van der Waals surface area contributed by atoms with Gasteiger partial charge in [0.15, 0.2) is 0 Å². The van der Waals surface area contributed by atoms with Crippen LogP contribution in [0.3, 0.4) is 0 Å². The summed E-state index contributed by atoms with van der Waals surface area (Å²) >= 11 is 15.1. The van der Waals surface area contributed by atoms with Crippen LogP contribution >= 0.6 is 39.1 Å². The van der Waals surface area contributed by atoms with Crippen molar-refractivity contribution in [3.8, 4) is 5.75 Å². The molecule has 0 aliphatic rings. The number of hydrogen-bond donors (Lipinski definition) is 0. The first-order valence-electron chi connectivity index (χ1n) is 4.50. The van der Waals surface area contributed by atoms with E-state index in [0.717, 1.165) is 4.47 Å². The van der Waals surface area contributed by atoms with Gasteiger partial charge in [-0.3, -0.25) is 0 Å². The maximum atomic E-state index is 5.89. The number of halogens is 3. The number of hydrogen-bond acceptors (Lipinski definition) is 2. The Morgan fingerprint density at radius 3 is 2.60 bits per heavy atom. The molecule has 0 spiro atoms. The number of ether oxygens (including phenoxy) is 2. The molecule has 1 rings (SSSR count). The lowest BCUT2D eigenvalue weighted by molar-refractivity contribution is 0.110. The van der Waals surface area contributed by atoms with Crippen molar-refractivity contribution in [3.05, 3.63) is 26.7 Å². The van der Waals surface area contributed by atoms with Crippen LogP contribution in [0, 0.1) is 0 Å². The average Bonchev–Trinajstić information content (AvgIpc) is 2.21. The van der Waals surface area contributed by atoms with E-state index in [-0.39, 0.29) is 0 Å². The van der Waals surface area contributed by atoms with E-state index in [1.165, 1.54) is 0 Å². The molecule has 0 fully saturated rings. The van der Waals surface area contributed by atoms with Crippen LogP contribution in [0.4, 0.5) is 0 Å². The SMILES string of the molecule is CCOCCOc1cc(Cl)c(Cl)c(Br)c1. The molecule has 15 heavy (non-hydrogen) atoms. The van der Waals surface area contributed by atoms with E-state index in [4.69, 9.17) is 32.7 Å². The Balaban J connectivity index is 2.55. The number of rotatable bonds is 5. The van der Waals surface area contributed by atoms with Crippen LogP contribution in [0.5, 0.6) is 5.75 Å². The Labute approximate surface area is 108 Å². The molecule has 1 aromatic rings. The van der Waals surface area contributed by atoms with E-state index in [1.54, 1.807) is 12.1 Å². The van der Waals surface area contributed by atoms with E-state index < -0.39 is 0 Å². The van der Waals surface area contributed by atoms with Gasteiger partial charge in [0.2, 0.25) is 0 Å². The summed E-state index contributed by atoms with van der Waals surface area (Å²) in [7, 11) is 0. The van der Waals surface area contributed by atoms with Gasteiger partial charge in [-0.1, -0.05) is 23.2 Å². The molecule has 0 N–H and O–H groups in total. The minimum absolute atomic E-state index is 0.470. The van der Waals surface area contributed by atoms with Crippen molar-refractivity contribution in [2.45, 2.75) is 6.92 Å². The Morgan fingerprint density at radius 1 is 1.27 bits per heavy atom. The van der Waals surface area contributed by atoms with Gasteiger partial charge in [0, 0.05) is 17.1 Å². The maximum absolute atomic E-state index is 5.89. The summed E-state index contributed by atoms with van der Waals surface area (Å²) in [6, 6.07) is 3.46. The van der Waals surface area contributed by atoms with E-state index in [2.05, 4.69) is 15.9 Å². The molecule has 0 heterocycles. The van der Waals surface area contributed by atoms with Crippen molar-refractivity contribution in [2.75, 3.05) is 19.8 Å². The third kappa shape index (κ3) is 4.19. The normalized spacial score (nSPS) is 10.4. The molecule has 0 aromatic heterocycles. The molecule has 0 unspecified atom stereocenters. The highest BCUT2D eigenvalue weighted by Gasteiger charge is 2.05. The smallest absolute Gasteiger partial charge is 0.122 e. The minimum Gasteiger partial charge on any atom is -0.491 e. The van der Waals surface area contributed by atoms with Gasteiger partial charge in [-0.25, -0.2) is 0 Å².